The van der Waals surface area contributed by atoms with E-state index >= 15 is 0 Å². The number of rotatable bonds is 8. The van der Waals surface area contributed by atoms with Crippen LogP contribution in [-0.4, -0.2) is 25.3 Å². The molecule has 0 aliphatic rings. The largest absolute Gasteiger partial charge is 0.494 e. The average molecular weight is 368 g/mol. The highest BCUT2D eigenvalue weighted by Gasteiger charge is 2.13. The zero-order valence-corrected chi connectivity index (χ0v) is 16.5. The standard InChI is InChI=1S/C22H28N2O3/c1-5-14-26-19-10-6-17(7-11-19)15-23-24-21(25)16-27-20-12-8-18(9-13-20)22(2,3)4/h6-13,15H,5,14,16H2,1-4H3,(H,24,25)/b23-15+. The van der Waals surface area contributed by atoms with Gasteiger partial charge in [0.2, 0.25) is 0 Å². The van der Waals surface area contributed by atoms with Crippen molar-refractivity contribution < 1.29 is 14.3 Å². The number of hydrogen-bond acceptors (Lipinski definition) is 4. The van der Waals surface area contributed by atoms with Crippen molar-refractivity contribution in [3.8, 4) is 11.5 Å². The molecule has 0 saturated carbocycles. The summed E-state index contributed by atoms with van der Waals surface area (Å²) in [6, 6.07) is 15.3. The second kappa shape index (κ2) is 9.76. The molecular weight excluding hydrogens is 340 g/mol. The number of benzene rings is 2. The van der Waals surface area contributed by atoms with E-state index in [1.807, 2.05) is 48.5 Å². The molecule has 0 heterocycles. The molecule has 0 atom stereocenters. The van der Waals surface area contributed by atoms with E-state index in [9.17, 15) is 4.79 Å². The van der Waals surface area contributed by atoms with Crippen molar-refractivity contribution in [1.82, 2.24) is 5.43 Å². The second-order valence-electron chi connectivity index (χ2n) is 7.27. The zero-order valence-electron chi connectivity index (χ0n) is 16.5. The normalized spacial score (nSPS) is 11.4. The molecule has 27 heavy (non-hydrogen) atoms. The second-order valence-corrected chi connectivity index (χ2v) is 7.27. The summed E-state index contributed by atoms with van der Waals surface area (Å²) in [6.45, 7) is 9.13. The molecule has 5 nitrogen and oxygen atoms in total. The van der Waals surface area contributed by atoms with Gasteiger partial charge in [-0.3, -0.25) is 4.79 Å². The first-order chi connectivity index (χ1) is 12.9. The summed E-state index contributed by atoms with van der Waals surface area (Å²) >= 11 is 0. The van der Waals surface area contributed by atoms with Crippen LogP contribution in [-0.2, 0) is 10.2 Å². The first kappa shape index (κ1) is 20.5. The van der Waals surface area contributed by atoms with Crippen molar-refractivity contribution in [2.45, 2.75) is 39.5 Å². The Labute approximate surface area is 161 Å². The number of nitrogens with one attached hydrogen (secondary N) is 1. The van der Waals surface area contributed by atoms with Crippen LogP contribution in [0.1, 0.15) is 45.2 Å². The average Bonchev–Trinajstić information content (AvgIpc) is 2.65. The van der Waals surface area contributed by atoms with Crippen LogP contribution >= 0.6 is 0 Å². The van der Waals surface area contributed by atoms with Crippen LogP contribution < -0.4 is 14.9 Å². The van der Waals surface area contributed by atoms with Gasteiger partial charge in [-0.05, 0) is 59.4 Å². The monoisotopic (exact) mass is 368 g/mol. The van der Waals surface area contributed by atoms with Gasteiger partial charge in [0, 0.05) is 0 Å². The predicted octanol–water partition coefficient (Wildman–Crippen LogP) is 4.30. The molecule has 2 rings (SSSR count). The van der Waals surface area contributed by atoms with Crippen molar-refractivity contribution in [2.75, 3.05) is 13.2 Å². The van der Waals surface area contributed by atoms with Gasteiger partial charge < -0.3 is 9.47 Å². The van der Waals surface area contributed by atoms with Gasteiger partial charge in [-0.15, -0.1) is 0 Å². The molecule has 0 saturated heterocycles. The smallest absolute Gasteiger partial charge is 0.277 e. The molecular formula is C22H28N2O3. The quantitative estimate of drug-likeness (QED) is 0.558. The van der Waals surface area contributed by atoms with Crippen LogP contribution in [0.4, 0.5) is 0 Å². The number of carbonyl (C=O) groups excluding carboxylic acids is 1. The van der Waals surface area contributed by atoms with Gasteiger partial charge >= 0.3 is 0 Å². The van der Waals surface area contributed by atoms with Crippen molar-refractivity contribution in [2.24, 2.45) is 5.10 Å². The topological polar surface area (TPSA) is 59.9 Å². The SMILES string of the molecule is CCCOc1ccc(/C=N/NC(=O)COc2ccc(C(C)(C)C)cc2)cc1. The molecule has 0 radical (unpaired) electrons. The number of hydrazone groups is 1. The third kappa shape index (κ3) is 7.13. The first-order valence-corrected chi connectivity index (χ1v) is 9.16. The lowest BCUT2D eigenvalue weighted by atomic mass is 9.87. The Morgan fingerprint density at radius 1 is 1.00 bits per heavy atom. The molecule has 2 aromatic carbocycles. The Bertz CT molecular complexity index is 745. The highest BCUT2D eigenvalue weighted by Crippen LogP contribution is 2.24. The van der Waals surface area contributed by atoms with Gasteiger partial charge in [0.15, 0.2) is 6.61 Å². The first-order valence-electron chi connectivity index (χ1n) is 9.16. The number of hydrogen-bond donors (Lipinski definition) is 1. The molecule has 0 aliphatic carbocycles. The number of carbonyl (C=O) groups is 1. The predicted molar refractivity (Wildman–Crippen MR) is 109 cm³/mol. The summed E-state index contributed by atoms with van der Waals surface area (Å²) in [5.41, 5.74) is 4.64. The fourth-order valence-corrected chi connectivity index (χ4v) is 2.28. The minimum absolute atomic E-state index is 0.0873. The molecule has 0 fully saturated rings. The molecule has 0 aliphatic heterocycles. The van der Waals surface area contributed by atoms with Crippen LogP contribution in [0, 0.1) is 0 Å². The number of nitrogens with zero attached hydrogens (tertiary/aromatic N) is 1. The lowest BCUT2D eigenvalue weighted by molar-refractivity contribution is -0.123. The Morgan fingerprint density at radius 2 is 1.59 bits per heavy atom. The third-order valence-electron chi connectivity index (χ3n) is 3.85. The molecule has 5 heteroatoms. The van der Waals surface area contributed by atoms with Crippen molar-refractivity contribution >= 4 is 12.1 Å². The maximum atomic E-state index is 11.8. The third-order valence-corrected chi connectivity index (χ3v) is 3.85. The van der Waals surface area contributed by atoms with E-state index in [0.717, 1.165) is 17.7 Å². The van der Waals surface area contributed by atoms with Gasteiger partial charge in [0.25, 0.3) is 5.91 Å². The van der Waals surface area contributed by atoms with E-state index in [0.29, 0.717) is 12.4 Å². The van der Waals surface area contributed by atoms with Crippen LogP contribution in [0.3, 0.4) is 0 Å². The highest BCUT2D eigenvalue weighted by atomic mass is 16.5. The molecule has 144 valence electrons. The molecule has 0 aromatic heterocycles. The van der Waals surface area contributed by atoms with E-state index in [2.05, 4.69) is 38.2 Å². The lowest BCUT2D eigenvalue weighted by Gasteiger charge is -2.19. The summed E-state index contributed by atoms with van der Waals surface area (Å²) in [7, 11) is 0. The molecule has 0 spiro atoms. The minimum atomic E-state index is -0.311. The van der Waals surface area contributed by atoms with Crippen LogP contribution in [0.2, 0.25) is 0 Å². The number of amides is 1. The molecule has 2 aromatic rings. The van der Waals surface area contributed by atoms with E-state index in [1.165, 1.54) is 5.56 Å². The number of ether oxygens (including phenoxy) is 2. The summed E-state index contributed by atoms with van der Waals surface area (Å²) < 4.78 is 11.0. The molecule has 1 N–H and O–H groups in total. The van der Waals surface area contributed by atoms with E-state index in [4.69, 9.17) is 9.47 Å². The highest BCUT2D eigenvalue weighted by molar-refractivity contribution is 5.83. The maximum absolute atomic E-state index is 11.8. The Morgan fingerprint density at radius 3 is 2.19 bits per heavy atom. The Hall–Kier alpha value is -2.82. The van der Waals surface area contributed by atoms with Crippen molar-refractivity contribution in [3.63, 3.8) is 0 Å². The van der Waals surface area contributed by atoms with E-state index in [1.54, 1.807) is 6.21 Å². The maximum Gasteiger partial charge on any atom is 0.277 e. The van der Waals surface area contributed by atoms with Gasteiger partial charge in [0.1, 0.15) is 11.5 Å². The molecule has 1 amide bonds. The summed E-state index contributed by atoms with van der Waals surface area (Å²) in [6.07, 6.45) is 2.55. The lowest BCUT2D eigenvalue weighted by Crippen LogP contribution is -2.24. The van der Waals surface area contributed by atoms with Crippen molar-refractivity contribution in [1.29, 1.82) is 0 Å². The van der Waals surface area contributed by atoms with Crippen LogP contribution in [0.15, 0.2) is 53.6 Å². The molecule has 0 unspecified atom stereocenters. The Kier molecular flexibility index (Phi) is 7.41. The summed E-state index contributed by atoms with van der Waals surface area (Å²) in [5.74, 6) is 1.17. The summed E-state index contributed by atoms with van der Waals surface area (Å²) in [5, 5.41) is 3.95. The van der Waals surface area contributed by atoms with E-state index < -0.39 is 0 Å². The molecule has 0 bridgehead atoms. The van der Waals surface area contributed by atoms with Crippen molar-refractivity contribution in [3.05, 3.63) is 59.7 Å². The van der Waals surface area contributed by atoms with Gasteiger partial charge in [-0.1, -0.05) is 39.8 Å². The zero-order chi connectivity index (χ0) is 19.7. The van der Waals surface area contributed by atoms with Gasteiger partial charge in [-0.25, -0.2) is 5.43 Å². The van der Waals surface area contributed by atoms with E-state index in [-0.39, 0.29) is 17.9 Å². The fraction of sp³-hybridized carbons (Fsp3) is 0.364. The van der Waals surface area contributed by atoms with Gasteiger partial charge in [-0.2, -0.15) is 5.10 Å². The Balaban J connectivity index is 1.76. The van der Waals surface area contributed by atoms with Gasteiger partial charge in [0.05, 0.1) is 12.8 Å². The van der Waals surface area contributed by atoms with Crippen LogP contribution in [0.25, 0.3) is 0 Å². The summed E-state index contributed by atoms with van der Waals surface area (Å²) in [4.78, 5) is 11.8. The fourth-order valence-electron chi connectivity index (χ4n) is 2.28. The van der Waals surface area contributed by atoms with Crippen LogP contribution in [0.5, 0.6) is 11.5 Å². The minimum Gasteiger partial charge on any atom is -0.494 e.